The number of hydrogen-bond acceptors (Lipinski definition) is 3. The van der Waals surface area contributed by atoms with Crippen LogP contribution in [0.15, 0.2) is 36.5 Å². The van der Waals surface area contributed by atoms with Crippen molar-refractivity contribution in [2.45, 2.75) is 0 Å². The van der Waals surface area contributed by atoms with Crippen molar-refractivity contribution < 1.29 is 4.79 Å². The summed E-state index contributed by atoms with van der Waals surface area (Å²) < 4.78 is 0. The first-order valence-corrected chi connectivity index (χ1v) is 6.17. The first-order valence-electron chi connectivity index (χ1n) is 6.17. The minimum absolute atomic E-state index is 0.0359. The van der Waals surface area contributed by atoms with Gasteiger partial charge in [0, 0.05) is 37.1 Å². The number of aromatic nitrogens is 1. The second-order valence-corrected chi connectivity index (χ2v) is 4.61. The molecule has 1 aliphatic heterocycles. The van der Waals surface area contributed by atoms with Gasteiger partial charge in [0.05, 0.1) is 11.1 Å². The zero-order chi connectivity index (χ0) is 12.4. The summed E-state index contributed by atoms with van der Waals surface area (Å²) in [5.74, 6) is 0.531. The molecule has 0 unspecified atom stereocenters. The molecule has 0 radical (unpaired) electrons. The lowest BCUT2D eigenvalue weighted by Crippen LogP contribution is -2.48. The lowest BCUT2D eigenvalue weighted by Gasteiger charge is -2.27. The number of amides is 1. The fourth-order valence-corrected chi connectivity index (χ4v) is 2.11. The van der Waals surface area contributed by atoms with Crippen molar-refractivity contribution in [1.29, 1.82) is 0 Å². The van der Waals surface area contributed by atoms with Crippen molar-refractivity contribution in [1.82, 2.24) is 15.6 Å². The molecule has 1 aromatic heterocycles. The Hall–Kier alpha value is -1.94. The molecule has 92 valence electrons. The summed E-state index contributed by atoms with van der Waals surface area (Å²) in [6, 6.07) is 9.53. The molecule has 0 atom stereocenters. The SMILES string of the molecule is O=C(NCC1CNC1)c1cccc2cccnc12. The molecule has 0 bridgehead atoms. The maximum absolute atomic E-state index is 12.1. The second-order valence-electron chi connectivity index (χ2n) is 4.61. The van der Waals surface area contributed by atoms with Crippen LogP contribution in [0.2, 0.25) is 0 Å². The number of nitrogens with zero attached hydrogens (tertiary/aromatic N) is 1. The normalized spacial score (nSPS) is 15.3. The van der Waals surface area contributed by atoms with Gasteiger partial charge in [0.2, 0.25) is 0 Å². The highest BCUT2D eigenvalue weighted by Gasteiger charge is 2.18. The van der Waals surface area contributed by atoms with E-state index in [1.165, 1.54) is 0 Å². The van der Waals surface area contributed by atoms with Gasteiger partial charge in [-0.25, -0.2) is 0 Å². The van der Waals surface area contributed by atoms with Crippen LogP contribution in [0, 0.1) is 5.92 Å². The largest absolute Gasteiger partial charge is 0.352 e. The molecule has 1 aromatic carbocycles. The minimum atomic E-state index is -0.0359. The van der Waals surface area contributed by atoms with Crippen LogP contribution in [0.4, 0.5) is 0 Å². The van der Waals surface area contributed by atoms with Gasteiger partial charge >= 0.3 is 0 Å². The van der Waals surface area contributed by atoms with E-state index in [0.717, 1.165) is 30.5 Å². The summed E-state index contributed by atoms with van der Waals surface area (Å²) in [5, 5.41) is 7.16. The standard InChI is InChI=1S/C14H15N3O/c18-14(17-9-10-7-15-8-10)12-5-1-3-11-4-2-6-16-13(11)12/h1-6,10,15H,7-9H2,(H,17,18). The second kappa shape index (κ2) is 4.74. The number of hydrogen-bond donors (Lipinski definition) is 2. The van der Waals surface area contributed by atoms with Crippen LogP contribution in [0.1, 0.15) is 10.4 Å². The van der Waals surface area contributed by atoms with Crippen LogP contribution in [-0.4, -0.2) is 30.5 Å². The number of carbonyl (C=O) groups is 1. The Kier molecular flexibility index (Phi) is 2.94. The molecule has 3 rings (SSSR count). The van der Waals surface area contributed by atoms with E-state index in [1.54, 1.807) is 6.20 Å². The Morgan fingerprint density at radius 1 is 1.33 bits per heavy atom. The lowest BCUT2D eigenvalue weighted by atomic mass is 10.0. The molecular formula is C14H15N3O. The van der Waals surface area contributed by atoms with Crippen LogP contribution in [-0.2, 0) is 0 Å². The predicted octanol–water partition coefficient (Wildman–Crippen LogP) is 1.18. The van der Waals surface area contributed by atoms with Gasteiger partial charge in [-0.1, -0.05) is 18.2 Å². The van der Waals surface area contributed by atoms with Crippen molar-refractivity contribution in [2.75, 3.05) is 19.6 Å². The van der Waals surface area contributed by atoms with E-state index in [1.807, 2.05) is 30.3 Å². The van der Waals surface area contributed by atoms with Gasteiger partial charge < -0.3 is 10.6 Å². The fourth-order valence-electron chi connectivity index (χ4n) is 2.11. The minimum Gasteiger partial charge on any atom is -0.352 e. The molecular weight excluding hydrogens is 226 g/mol. The van der Waals surface area contributed by atoms with Crippen molar-refractivity contribution in [3.63, 3.8) is 0 Å². The third-order valence-electron chi connectivity index (χ3n) is 3.29. The van der Waals surface area contributed by atoms with Crippen LogP contribution < -0.4 is 10.6 Å². The number of nitrogens with one attached hydrogen (secondary N) is 2. The highest BCUT2D eigenvalue weighted by atomic mass is 16.1. The highest BCUT2D eigenvalue weighted by molar-refractivity contribution is 6.05. The lowest BCUT2D eigenvalue weighted by molar-refractivity contribution is 0.0943. The Morgan fingerprint density at radius 3 is 2.94 bits per heavy atom. The average molecular weight is 241 g/mol. The van der Waals surface area contributed by atoms with Gasteiger partial charge in [-0.2, -0.15) is 0 Å². The fraction of sp³-hybridized carbons (Fsp3) is 0.286. The first-order chi connectivity index (χ1) is 8.84. The van der Waals surface area contributed by atoms with E-state index in [0.29, 0.717) is 11.5 Å². The molecule has 0 saturated carbocycles. The zero-order valence-electron chi connectivity index (χ0n) is 10.0. The number of carbonyl (C=O) groups excluding carboxylic acids is 1. The third-order valence-corrected chi connectivity index (χ3v) is 3.29. The van der Waals surface area contributed by atoms with Crippen molar-refractivity contribution in [2.24, 2.45) is 5.92 Å². The van der Waals surface area contributed by atoms with Crippen LogP contribution >= 0.6 is 0 Å². The molecule has 4 heteroatoms. The summed E-state index contributed by atoms with van der Waals surface area (Å²) in [5.41, 5.74) is 1.42. The molecule has 2 N–H and O–H groups in total. The quantitative estimate of drug-likeness (QED) is 0.848. The number of fused-ring (bicyclic) bond motifs is 1. The molecule has 0 aliphatic carbocycles. The molecule has 1 aliphatic rings. The molecule has 1 amide bonds. The maximum Gasteiger partial charge on any atom is 0.253 e. The molecule has 18 heavy (non-hydrogen) atoms. The Labute approximate surface area is 105 Å². The topological polar surface area (TPSA) is 54.0 Å². The highest BCUT2D eigenvalue weighted by Crippen LogP contribution is 2.15. The van der Waals surface area contributed by atoms with Crippen LogP contribution in [0.3, 0.4) is 0 Å². The van der Waals surface area contributed by atoms with E-state index in [9.17, 15) is 4.79 Å². The molecule has 1 fully saturated rings. The van der Waals surface area contributed by atoms with E-state index in [2.05, 4.69) is 15.6 Å². The molecule has 0 spiro atoms. The Bertz CT molecular complexity index is 573. The summed E-state index contributed by atoms with van der Waals surface area (Å²) in [6.07, 6.45) is 1.72. The summed E-state index contributed by atoms with van der Waals surface area (Å²) in [7, 11) is 0. The molecule has 2 aromatic rings. The number of rotatable bonds is 3. The number of pyridine rings is 1. The number of benzene rings is 1. The van der Waals surface area contributed by atoms with Crippen molar-refractivity contribution >= 4 is 16.8 Å². The smallest absolute Gasteiger partial charge is 0.253 e. The molecule has 4 nitrogen and oxygen atoms in total. The summed E-state index contributed by atoms with van der Waals surface area (Å²) >= 11 is 0. The Balaban J connectivity index is 1.81. The zero-order valence-corrected chi connectivity index (χ0v) is 10.0. The van der Waals surface area contributed by atoms with Crippen LogP contribution in [0.25, 0.3) is 10.9 Å². The van der Waals surface area contributed by atoms with Gasteiger partial charge in [0.25, 0.3) is 5.91 Å². The summed E-state index contributed by atoms with van der Waals surface area (Å²) in [4.78, 5) is 16.4. The van der Waals surface area contributed by atoms with Gasteiger partial charge in [-0.3, -0.25) is 9.78 Å². The van der Waals surface area contributed by atoms with E-state index in [-0.39, 0.29) is 5.91 Å². The van der Waals surface area contributed by atoms with Crippen LogP contribution in [0.5, 0.6) is 0 Å². The van der Waals surface area contributed by atoms with E-state index < -0.39 is 0 Å². The molecule has 2 heterocycles. The third kappa shape index (κ3) is 2.07. The Morgan fingerprint density at radius 2 is 2.17 bits per heavy atom. The first kappa shape index (κ1) is 11.2. The van der Waals surface area contributed by atoms with E-state index in [4.69, 9.17) is 0 Å². The van der Waals surface area contributed by atoms with E-state index >= 15 is 0 Å². The molecule has 1 saturated heterocycles. The average Bonchev–Trinajstić information content (AvgIpc) is 2.36. The van der Waals surface area contributed by atoms with Crippen molar-refractivity contribution in [3.05, 3.63) is 42.1 Å². The van der Waals surface area contributed by atoms with Gasteiger partial charge in [0.1, 0.15) is 0 Å². The predicted molar refractivity (Wildman–Crippen MR) is 70.4 cm³/mol. The summed E-state index contributed by atoms with van der Waals surface area (Å²) in [6.45, 7) is 2.72. The monoisotopic (exact) mass is 241 g/mol. The maximum atomic E-state index is 12.1. The number of para-hydroxylation sites is 1. The van der Waals surface area contributed by atoms with Gasteiger partial charge in [0.15, 0.2) is 0 Å². The van der Waals surface area contributed by atoms with Gasteiger partial charge in [-0.05, 0) is 12.1 Å². The van der Waals surface area contributed by atoms with Gasteiger partial charge in [-0.15, -0.1) is 0 Å². The van der Waals surface area contributed by atoms with Crippen molar-refractivity contribution in [3.8, 4) is 0 Å².